The number of nitrogens with one attached hydrogen (secondary N) is 1. The highest BCUT2D eigenvalue weighted by atomic mass is 32.2. The van der Waals surface area contributed by atoms with Gasteiger partial charge in [0.05, 0.1) is 0 Å². The minimum Gasteiger partial charge on any atom is -0.369 e. The second kappa shape index (κ2) is 8.33. The summed E-state index contributed by atoms with van der Waals surface area (Å²) >= 11 is 0. The van der Waals surface area contributed by atoms with Crippen LogP contribution in [0.25, 0.3) is 0 Å². The Bertz CT molecular complexity index is 880. The topological polar surface area (TPSA) is 52.6 Å². The van der Waals surface area contributed by atoms with Crippen LogP contribution in [0.3, 0.4) is 0 Å². The van der Waals surface area contributed by atoms with Gasteiger partial charge in [-0.1, -0.05) is 12.1 Å². The standard InChI is InChI=1S/C19H23F2N3O2S/c1-23-10-12-24(13-11-23)17-5-2-15(3-6-17)8-9-22-27(25,26)19-7-4-16(20)14-18(19)21/h2-7,14,22H,8-13H2,1H3. The minimum absolute atomic E-state index is 0.132. The molecule has 5 nitrogen and oxygen atoms in total. The summed E-state index contributed by atoms with van der Waals surface area (Å²) in [5.74, 6) is -1.91. The van der Waals surface area contributed by atoms with Crippen LogP contribution < -0.4 is 9.62 Å². The van der Waals surface area contributed by atoms with E-state index in [4.69, 9.17) is 0 Å². The minimum atomic E-state index is -4.01. The third kappa shape index (κ3) is 5.03. The van der Waals surface area contributed by atoms with Gasteiger partial charge in [-0.3, -0.25) is 0 Å². The molecule has 1 fully saturated rings. The second-order valence-corrected chi connectivity index (χ2v) is 8.41. The van der Waals surface area contributed by atoms with Crippen LogP contribution in [0, 0.1) is 11.6 Å². The summed E-state index contributed by atoms with van der Waals surface area (Å²) < 4.78 is 53.3. The number of likely N-dealkylation sites (N-methyl/N-ethyl adjacent to an activating group) is 1. The number of halogens is 2. The SMILES string of the molecule is CN1CCN(c2ccc(CCNS(=O)(=O)c3ccc(F)cc3F)cc2)CC1. The van der Waals surface area contributed by atoms with Crippen LogP contribution in [0.2, 0.25) is 0 Å². The molecule has 0 spiro atoms. The zero-order valence-corrected chi connectivity index (χ0v) is 16.0. The fourth-order valence-electron chi connectivity index (χ4n) is 3.04. The van der Waals surface area contributed by atoms with E-state index in [0.717, 1.165) is 49.6 Å². The zero-order chi connectivity index (χ0) is 19.4. The largest absolute Gasteiger partial charge is 0.369 e. The molecule has 0 radical (unpaired) electrons. The normalized spacial score (nSPS) is 15.9. The highest BCUT2D eigenvalue weighted by Gasteiger charge is 2.19. The molecule has 27 heavy (non-hydrogen) atoms. The van der Waals surface area contributed by atoms with Crippen LogP contribution in [0.1, 0.15) is 5.56 Å². The van der Waals surface area contributed by atoms with Crippen LogP contribution in [-0.4, -0.2) is 53.1 Å². The van der Waals surface area contributed by atoms with E-state index >= 15 is 0 Å². The molecule has 8 heteroatoms. The van der Waals surface area contributed by atoms with Gasteiger partial charge >= 0.3 is 0 Å². The Morgan fingerprint density at radius 3 is 2.30 bits per heavy atom. The molecule has 146 valence electrons. The summed E-state index contributed by atoms with van der Waals surface area (Å²) in [5.41, 5.74) is 2.14. The van der Waals surface area contributed by atoms with Crippen LogP contribution >= 0.6 is 0 Å². The van der Waals surface area contributed by atoms with E-state index in [1.807, 2.05) is 24.3 Å². The average molecular weight is 395 g/mol. The van der Waals surface area contributed by atoms with Crippen molar-refractivity contribution >= 4 is 15.7 Å². The second-order valence-electron chi connectivity index (χ2n) is 6.68. The van der Waals surface area contributed by atoms with Gasteiger partial charge in [0.2, 0.25) is 10.0 Å². The number of sulfonamides is 1. The zero-order valence-electron chi connectivity index (χ0n) is 15.2. The van der Waals surface area contributed by atoms with Gasteiger partial charge in [0.25, 0.3) is 0 Å². The van der Waals surface area contributed by atoms with Crippen molar-refractivity contribution in [1.29, 1.82) is 0 Å². The average Bonchev–Trinajstić information content (AvgIpc) is 2.62. The first-order valence-electron chi connectivity index (χ1n) is 8.82. The van der Waals surface area contributed by atoms with E-state index in [1.165, 1.54) is 0 Å². The number of hydrogen-bond donors (Lipinski definition) is 1. The van der Waals surface area contributed by atoms with Gasteiger partial charge in [-0.05, 0) is 43.3 Å². The van der Waals surface area contributed by atoms with Crippen molar-refractivity contribution in [3.8, 4) is 0 Å². The molecular weight excluding hydrogens is 372 g/mol. The molecule has 0 amide bonds. The van der Waals surface area contributed by atoms with Gasteiger partial charge in [0.1, 0.15) is 16.5 Å². The number of hydrogen-bond acceptors (Lipinski definition) is 4. The molecule has 2 aromatic carbocycles. The summed E-state index contributed by atoms with van der Waals surface area (Å²) in [6, 6.07) is 10.4. The highest BCUT2D eigenvalue weighted by molar-refractivity contribution is 7.89. The molecule has 1 heterocycles. The third-order valence-corrected chi connectivity index (χ3v) is 6.19. The first-order chi connectivity index (χ1) is 12.8. The van der Waals surface area contributed by atoms with Crippen molar-refractivity contribution in [2.45, 2.75) is 11.3 Å². The van der Waals surface area contributed by atoms with E-state index in [0.29, 0.717) is 12.5 Å². The van der Waals surface area contributed by atoms with Crippen molar-refractivity contribution in [2.24, 2.45) is 0 Å². The van der Waals surface area contributed by atoms with Crippen LogP contribution in [0.5, 0.6) is 0 Å². The number of benzene rings is 2. The van der Waals surface area contributed by atoms with E-state index in [1.54, 1.807) is 0 Å². The van der Waals surface area contributed by atoms with Gasteiger partial charge in [0, 0.05) is 44.5 Å². The molecule has 1 N–H and O–H groups in total. The van der Waals surface area contributed by atoms with E-state index in [-0.39, 0.29) is 6.54 Å². The third-order valence-electron chi connectivity index (χ3n) is 4.69. The number of nitrogens with zero attached hydrogens (tertiary/aromatic N) is 2. The first kappa shape index (κ1) is 19.7. The Labute approximate surface area is 158 Å². The van der Waals surface area contributed by atoms with Gasteiger partial charge in [-0.2, -0.15) is 0 Å². The van der Waals surface area contributed by atoms with E-state index < -0.39 is 26.6 Å². The lowest BCUT2D eigenvalue weighted by molar-refractivity contribution is 0.313. The predicted octanol–water partition coefficient (Wildman–Crippen LogP) is 2.24. The molecule has 1 aliphatic heterocycles. The van der Waals surface area contributed by atoms with Crippen LogP contribution in [0.15, 0.2) is 47.4 Å². The Hall–Kier alpha value is -2.03. The summed E-state index contributed by atoms with van der Waals surface area (Å²) in [7, 11) is -1.90. The highest BCUT2D eigenvalue weighted by Crippen LogP contribution is 2.18. The Morgan fingerprint density at radius 2 is 1.67 bits per heavy atom. The van der Waals surface area contributed by atoms with Gasteiger partial charge in [-0.25, -0.2) is 21.9 Å². The molecule has 0 aromatic heterocycles. The molecule has 1 aliphatic rings. The van der Waals surface area contributed by atoms with Crippen LogP contribution in [0.4, 0.5) is 14.5 Å². The Morgan fingerprint density at radius 1 is 1.00 bits per heavy atom. The maximum absolute atomic E-state index is 13.7. The monoisotopic (exact) mass is 395 g/mol. The summed E-state index contributed by atoms with van der Waals surface area (Å²) in [4.78, 5) is 4.07. The molecule has 0 saturated carbocycles. The Kier molecular flexibility index (Phi) is 6.08. The maximum atomic E-state index is 13.7. The van der Waals surface area contributed by atoms with E-state index in [2.05, 4.69) is 21.6 Å². The lowest BCUT2D eigenvalue weighted by atomic mass is 10.1. The first-order valence-corrected chi connectivity index (χ1v) is 10.3. The smallest absolute Gasteiger partial charge is 0.243 e. The van der Waals surface area contributed by atoms with Crippen molar-refractivity contribution in [3.05, 3.63) is 59.7 Å². The van der Waals surface area contributed by atoms with E-state index in [9.17, 15) is 17.2 Å². The fourth-order valence-corrected chi connectivity index (χ4v) is 4.13. The van der Waals surface area contributed by atoms with Crippen molar-refractivity contribution < 1.29 is 17.2 Å². The predicted molar refractivity (Wildman–Crippen MR) is 101 cm³/mol. The van der Waals surface area contributed by atoms with Crippen LogP contribution in [-0.2, 0) is 16.4 Å². The molecule has 0 unspecified atom stereocenters. The van der Waals surface area contributed by atoms with Gasteiger partial charge in [0.15, 0.2) is 0 Å². The number of piperazine rings is 1. The lowest BCUT2D eigenvalue weighted by Crippen LogP contribution is -2.44. The van der Waals surface area contributed by atoms with Gasteiger partial charge < -0.3 is 9.80 Å². The summed E-state index contributed by atoms with van der Waals surface area (Å²) in [5, 5.41) is 0. The molecule has 0 aliphatic carbocycles. The maximum Gasteiger partial charge on any atom is 0.243 e. The fraction of sp³-hybridized carbons (Fsp3) is 0.368. The molecule has 3 rings (SSSR count). The lowest BCUT2D eigenvalue weighted by Gasteiger charge is -2.34. The molecule has 0 atom stereocenters. The van der Waals surface area contributed by atoms with Gasteiger partial charge in [-0.15, -0.1) is 0 Å². The summed E-state index contributed by atoms with van der Waals surface area (Å²) in [6.07, 6.45) is 0.477. The molecule has 1 saturated heterocycles. The van der Waals surface area contributed by atoms with Crippen molar-refractivity contribution in [3.63, 3.8) is 0 Å². The molecule has 2 aromatic rings. The quantitative estimate of drug-likeness (QED) is 0.815. The Balaban J connectivity index is 1.55. The van der Waals surface area contributed by atoms with Crippen molar-refractivity contribution in [2.75, 3.05) is 44.7 Å². The molecule has 0 bridgehead atoms. The molecular formula is C19H23F2N3O2S. The number of rotatable bonds is 6. The summed E-state index contributed by atoms with van der Waals surface area (Å²) in [6.45, 7) is 4.16. The van der Waals surface area contributed by atoms with Crippen molar-refractivity contribution in [1.82, 2.24) is 9.62 Å². The number of anilines is 1.